The quantitative estimate of drug-likeness (QED) is 0.777. The van der Waals surface area contributed by atoms with Gasteiger partial charge < -0.3 is 9.80 Å². The lowest BCUT2D eigenvalue weighted by Crippen LogP contribution is -2.51. The van der Waals surface area contributed by atoms with E-state index in [1.165, 1.54) is 23.9 Å². The molecule has 2 aliphatic rings. The number of nitrogens with zero attached hydrogens (tertiary/aromatic N) is 2. The topological polar surface area (TPSA) is 40.6 Å². The van der Waals surface area contributed by atoms with Crippen LogP contribution in [0, 0.1) is 0 Å². The zero-order valence-corrected chi connectivity index (χ0v) is 15.6. The number of benzene rings is 1. The highest BCUT2D eigenvalue weighted by Crippen LogP contribution is 2.29. The van der Waals surface area contributed by atoms with Crippen LogP contribution in [0.1, 0.15) is 11.1 Å². The third-order valence-electron chi connectivity index (χ3n) is 4.45. The Bertz CT molecular complexity index is 661. The van der Waals surface area contributed by atoms with Crippen LogP contribution in [-0.4, -0.2) is 63.9 Å². The minimum atomic E-state index is -4.39. The first-order valence-corrected chi connectivity index (χ1v) is 10.6. The minimum absolute atomic E-state index is 0.00166. The third-order valence-corrected chi connectivity index (χ3v) is 6.40. The maximum Gasteiger partial charge on any atom is 0.416 e. The van der Waals surface area contributed by atoms with E-state index in [4.69, 9.17) is 0 Å². The van der Waals surface area contributed by atoms with Gasteiger partial charge in [0.05, 0.1) is 17.9 Å². The molecule has 142 valence electrons. The van der Waals surface area contributed by atoms with Crippen molar-refractivity contribution in [2.24, 2.45) is 0 Å². The molecule has 1 unspecified atom stereocenters. The Kier molecular flexibility index (Phi) is 6.06. The second-order valence-corrected chi connectivity index (χ2v) is 8.41. The Morgan fingerprint density at radius 1 is 1.08 bits per heavy atom. The fraction of sp³-hybridized carbons (Fsp3) is 0.529. The minimum Gasteiger partial charge on any atom is -0.339 e. The Morgan fingerprint density at radius 2 is 1.73 bits per heavy atom. The van der Waals surface area contributed by atoms with E-state index in [1.807, 2.05) is 16.7 Å². The third kappa shape index (κ3) is 4.49. The van der Waals surface area contributed by atoms with Gasteiger partial charge in [0.2, 0.25) is 11.8 Å². The lowest BCUT2D eigenvalue weighted by Gasteiger charge is -2.32. The van der Waals surface area contributed by atoms with Crippen LogP contribution >= 0.6 is 23.5 Å². The Labute approximate surface area is 158 Å². The summed E-state index contributed by atoms with van der Waals surface area (Å²) < 4.78 is 37.9. The molecular weight excluding hydrogens is 385 g/mol. The van der Waals surface area contributed by atoms with E-state index in [0.29, 0.717) is 30.3 Å². The predicted molar refractivity (Wildman–Crippen MR) is 97.0 cm³/mol. The first-order valence-electron chi connectivity index (χ1n) is 8.26. The van der Waals surface area contributed by atoms with Crippen LogP contribution in [0.4, 0.5) is 13.2 Å². The van der Waals surface area contributed by atoms with Gasteiger partial charge in [-0.25, -0.2) is 0 Å². The number of rotatable bonds is 3. The maximum atomic E-state index is 12.7. The molecule has 3 rings (SSSR count). The highest BCUT2D eigenvalue weighted by molar-refractivity contribution is 7.99. The second-order valence-electron chi connectivity index (χ2n) is 6.19. The van der Waals surface area contributed by atoms with Crippen LogP contribution in [0.5, 0.6) is 0 Å². The van der Waals surface area contributed by atoms with Crippen LogP contribution in [-0.2, 0) is 22.2 Å². The summed E-state index contributed by atoms with van der Waals surface area (Å²) in [5, 5.41) is 0. The number of amides is 2. The van der Waals surface area contributed by atoms with Crippen LogP contribution < -0.4 is 0 Å². The summed E-state index contributed by atoms with van der Waals surface area (Å²) in [5.41, 5.74) is -0.220. The van der Waals surface area contributed by atoms with Gasteiger partial charge in [-0.05, 0) is 17.7 Å². The molecule has 0 spiro atoms. The molecule has 0 bridgehead atoms. The van der Waals surface area contributed by atoms with E-state index in [9.17, 15) is 22.8 Å². The van der Waals surface area contributed by atoms with Crippen molar-refractivity contribution in [2.45, 2.75) is 18.6 Å². The van der Waals surface area contributed by atoms with Crippen LogP contribution in [0.15, 0.2) is 24.3 Å². The van der Waals surface area contributed by atoms with Crippen molar-refractivity contribution in [3.63, 3.8) is 0 Å². The van der Waals surface area contributed by atoms with Gasteiger partial charge in [-0.1, -0.05) is 12.1 Å². The first-order chi connectivity index (χ1) is 12.4. The van der Waals surface area contributed by atoms with Crippen molar-refractivity contribution < 1.29 is 22.8 Å². The van der Waals surface area contributed by atoms with Crippen LogP contribution in [0.3, 0.4) is 0 Å². The van der Waals surface area contributed by atoms with Crippen LogP contribution in [0.25, 0.3) is 0 Å². The van der Waals surface area contributed by atoms with Crippen molar-refractivity contribution in [1.82, 2.24) is 9.80 Å². The number of carbonyl (C=O) groups is 2. The van der Waals surface area contributed by atoms with Crippen molar-refractivity contribution >= 4 is 35.3 Å². The van der Waals surface area contributed by atoms with Crippen molar-refractivity contribution in [2.75, 3.05) is 36.2 Å². The average molecular weight is 404 g/mol. The summed E-state index contributed by atoms with van der Waals surface area (Å²) in [6, 6.07) is 4.14. The maximum absolute atomic E-state index is 12.7. The molecule has 9 heteroatoms. The van der Waals surface area contributed by atoms with E-state index in [0.717, 1.165) is 23.6 Å². The molecule has 1 atom stereocenters. The molecule has 2 aliphatic heterocycles. The molecule has 0 radical (unpaired) electrons. The molecule has 0 N–H and O–H groups in total. The summed E-state index contributed by atoms with van der Waals surface area (Å²) >= 11 is 3.34. The molecule has 4 nitrogen and oxygen atoms in total. The highest BCUT2D eigenvalue weighted by Gasteiger charge is 2.37. The van der Waals surface area contributed by atoms with E-state index in [-0.39, 0.29) is 18.2 Å². The molecular formula is C17H19F3N2O2S2. The summed E-state index contributed by atoms with van der Waals surface area (Å²) in [5.74, 6) is 2.59. The molecule has 2 heterocycles. The van der Waals surface area contributed by atoms with Crippen molar-refractivity contribution in [1.29, 1.82) is 0 Å². The van der Waals surface area contributed by atoms with E-state index in [2.05, 4.69) is 0 Å². The lowest BCUT2D eigenvalue weighted by atomic mass is 10.1. The summed E-state index contributed by atoms with van der Waals surface area (Å²) in [4.78, 5) is 28.7. The van der Waals surface area contributed by atoms with Gasteiger partial charge in [0.25, 0.3) is 0 Å². The van der Waals surface area contributed by atoms with Crippen LogP contribution in [0.2, 0.25) is 0 Å². The Balaban J connectivity index is 1.63. The normalized spacial score (nSPS) is 21.1. The first kappa shape index (κ1) is 19.4. The number of hydrogen-bond acceptors (Lipinski definition) is 4. The van der Waals surface area contributed by atoms with Crippen molar-refractivity contribution in [3.05, 3.63) is 35.4 Å². The molecule has 2 amide bonds. The summed E-state index contributed by atoms with van der Waals surface area (Å²) in [6.07, 6.45) is -4.39. The molecule has 1 aromatic carbocycles. The SMILES string of the molecule is O=C(C1CSCN1C(=O)Cc1ccc(C(F)(F)F)cc1)N1CCSCC1. The molecule has 2 fully saturated rings. The van der Waals surface area contributed by atoms with E-state index >= 15 is 0 Å². The van der Waals surface area contributed by atoms with Gasteiger partial charge in [-0.15, -0.1) is 11.8 Å². The lowest BCUT2D eigenvalue weighted by molar-refractivity contribution is -0.142. The number of thioether (sulfide) groups is 2. The Hall–Kier alpha value is -1.35. The van der Waals surface area contributed by atoms with Gasteiger partial charge in [-0.2, -0.15) is 24.9 Å². The predicted octanol–water partition coefficient (Wildman–Crippen LogP) is 2.72. The fourth-order valence-electron chi connectivity index (χ4n) is 2.98. The molecule has 0 aromatic heterocycles. The fourth-order valence-corrected chi connectivity index (χ4v) is 5.05. The molecule has 26 heavy (non-hydrogen) atoms. The van der Waals surface area contributed by atoms with Gasteiger partial charge in [0.1, 0.15) is 6.04 Å². The number of carbonyl (C=O) groups excluding carboxylic acids is 2. The summed E-state index contributed by atoms with van der Waals surface area (Å²) in [6.45, 7) is 1.40. The molecule has 0 aliphatic carbocycles. The van der Waals surface area contributed by atoms with E-state index < -0.39 is 17.8 Å². The van der Waals surface area contributed by atoms with Gasteiger partial charge in [0.15, 0.2) is 0 Å². The number of alkyl halides is 3. The zero-order chi connectivity index (χ0) is 18.7. The van der Waals surface area contributed by atoms with Gasteiger partial charge in [0, 0.05) is 30.3 Å². The molecule has 0 saturated carbocycles. The largest absolute Gasteiger partial charge is 0.416 e. The standard InChI is InChI=1S/C17H19F3N2O2S2/c18-17(19,20)13-3-1-12(2-4-13)9-15(23)22-11-26-10-14(22)16(24)21-5-7-25-8-6-21/h1-4,14H,5-11H2. The van der Waals surface area contributed by atoms with Gasteiger partial charge >= 0.3 is 6.18 Å². The second kappa shape index (κ2) is 8.12. The van der Waals surface area contributed by atoms with Crippen molar-refractivity contribution in [3.8, 4) is 0 Å². The molecule has 1 aromatic rings. The average Bonchev–Trinajstić information content (AvgIpc) is 3.11. The highest BCUT2D eigenvalue weighted by atomic mass is 32.2. The number of halogens is 3. The molecule has 2 saturated heterocycles. The smallest absolute Gasteiger partial charge is 0.339 e. The van der Waals surface area contributed by atoms with E-state index in [1.54, 1.807) is 4.90 Å². The Morgan fingerprint density at radius 3 is 2.35 bits per heavy atom. The monoisotopic (exact) mass is 404 g/mol. The van der Waals surface area contributed by atoms with Gasteiger partial charge in [-0.3, -0.25) is 9.59 Å². The number of hydrogen-bond donors (Lipinski definition) is 0. The zero-order valence-electron chi connectivity index (χ0n) is 14.0. The summed E-state index contributed by atoms with van der Waals surface area (Å²) in [7, 11) is 0.